The van der Waals surface area contributed by atoms with Gasteiger partial charge in [-0.1, -0.05) is 12.1 Å². The summed E-state index contributed by atoms with van der Waals surface area (Å²) in [4.78, 5) is 25.5. The first-order chi connectivity index (χ1) is 15.5. The molecule has 1 aliphatic heterocycles. The number of benzene rings is 2. The predicted octanol–water partition coefficient (Wildman–Crippen LogP) is 3.06. The zero-order chi connectivity index (χ0) is 22.9. The van der Waals surface area contributed by atoms with Gasteiger partial charge in [0, 0.05) is 57.2 Å². The molecule has 0 atom stereocenters. The Bertz CT molecular complexity index is 930. The number of anilines is 1. The van der Waals surface area contributed by atoms with Gasteiger partial charge in [-0.3, -0.25) is 19.8 Å². The van der Waals surface area contributed by atoms with Crippen LogP contribution in [0.15, 0.2) is 42.5 Å². The molecule has 2 aromatic rings. The second-order valence-electron chi connectivity index (χ2n) is 7.74. The standard InChI is InChI=1S/C23H30N4O5/c1-24-22-7-6-19(27(29)30)15-21(22)23(28)25-16-17-4-3-5-20(14-17)32-13-10-26(2)18-8-11-31-12-9-18/h3-7,14-15,18,24H,8-13,16H2,1-2H3,(H,25,28). The topological polar surface area (TPSA) is 106 Å². The monoisotopic (exact) mass is 442 g/mol. The van der Waals surface area contributed by atoms with Gasteiger partial charge >= 0.3 is 0 Å². The molecule has 32 heavy (non-hydrogen) atoms. The van der Waals surface area contributed by atoms with Crippen LogP contribution in [0.1, 0.15) is 28.8 Å². The van der Waals surface area contributed by atoms with Crippen LogP contribution < -0.4 is 15.4 Å². The number of likely N-dealkylation sites (N-methyl/N-ethyl adjacent to an activating group) is 1. The van der Waals surface area contributed by atoms with Gasteiger partial charge in [0.25, 0.3) is 11.6 Å². The average molecular weight is 443 g/mol. The normalized spacial score (nSPS) is 14.2. The van der Waals surface area contributed by atoms with Gasteiger partial charge in [0.1, 0.15) is 12.4 Å². The Kier molecular flexibility index (Phi) is 8.41. The first-order valence-electron chi connectivity index (χ1n) is 10.7. The summed E-state index contributed by atoms with van der Waals surface area (Å²) in [5, 5.41) is 16.8. The summed E-state index contributed by atoms with van der Waals surface area (Å²) in [5.41, 5.74) is 1.50. The lowest BCUT2D eigenvalue weighted by atomic mass is 10.1. The lowest BCUT2D eigenvalue weighted by Gasteiger charge is -2.31. The van der Waals surface area contributed by atoms with E-state index < -0.39 is 4.92 Å². The molecule has 2 aromatic carbocycles. The highest BCUT2D eigenvalue weighted by Gasteiger charge is 2.18. The third-order valence-corrected chi connectivity index (χ3v) is 5.61. The maximum absolute atomic E-state index is 12.6. The van der Waals surface area contributed by atoms with Gasteiger partial charge in [-0.25, -0.2) is 0 Å². The van der Waals surface area contributed by atoms with Crippen molar-refractivity contribution in [3.8, 4) is 5.75 Å². The van der Waals surface area contributed by atoms with Gasteiger partial charge in [0.2, 0.25) is 0 Å². The third kappa shape index (κ3) is 6.41. The molecule has 2 N–H and O–H groups in total. The van der Waals surface area contributed by atoms with Gasteiger partial charge in [-0.2, -0.15) is 0 Å². The lowest BCUT2D eigenvalue weighted by Crippen LogP contribution is -2.38. The number of rotatable bonds is 10. The number of nitro groups is 1. The summed E-state index contributed by atoms with van der Waals surface area (Å²) >= 11 is 0. The summed E-state index contributed by atoms with van der Waals surface area (Å²) in [6.45, 7) is 3.31. The Morgan fingerprint density at radius 1 is 1.25 bits per heavy atom. The second-order valence-corrected chi connectivity index (χ2v) is 7.74. The minimum absolute atomic E-state index is 0.129. The zero-order valence-corrected chi connectivity index (χ0v) is 18.5. The van der Waals surface area contributed by atoms with Crippen molar-refractivity contribution in [1.29, 1.82) is 0 Å². The second kappa shape index (κ2) is 11.4. The molecule has 172 valence electrons. The largest absolute Gasteiger partial charge is 0.492 e. The highest BCUT2D eigenvalue weighted by Crippen LogP contribution is 2.22. The summed E-state index contributed by atoms with van der Waals surface area (Å²) < 4.78 is 11.3. The lowest BCUT2D eigenvalue weighted by molar-refractivity contribution is -0.384. The van der Waals surface area contributed by atoms with Crippen molar-refractivity contribution < 1.29 is 19.2 Å². The molecular formula is C23H30N4O5. The number of amides is 1. The van der Waals surface area contributed by atoms with Crippen LogP contribution in [0, 0.1) is 10.1 Å². The summed E-state index contributed by atoms with van der Waals surface area (Å²) in [6.07, 6.45) is 2.09. The van der Waals surface area contributed by atoms with E-state index in [9.17, 15) is 14.9 Å². The molecule has 9 nitrogen and oxygen atoms in total. The molecule has 0 radical (unpaired) electrons. The van der Waals surface area contributed by atoms with Gasteiger partial charge in [-0.15, -0.1) is 0 Å². The van der Waals surface area contributed by atoms with E-state index in [-0.39, 0.29) is 23.7 Å². The molecule has 1 saturated heterocycles. The van der Waals surface area contributed by atoms with Crippen molar-refractivity contribution in [2.24, 2.45) is 0 Å². The van der Waals surface area contributed by atoms with Crippen LogP contribution in [0.25, 0.3) is 0 Å². The van der Waals surface area contributed by atoms with Gasteiger partial charge in [0.05, 0.1) is 10.5 Å². The molecular weight excluding hydrogens is 412 g/mol. The van der Waals surface area contributed by atoms with Crippen LogP contribution in [-0.4, -0.2) is 62.2 Å². The fourth-order valence-corrected chi connectivity index (χ4v) is 3.69. The summed E-state index contributed by atoms with van der Waals surface area (Å²) in [6, 6.07) is 12.3. The maximum Gasteiger partial charge on any atom is 0.270 e. The Balaban J connectivity index is 1.53. The molecule has 1 aliphatic rings. The molecule has 9 heteroatoms. The number of hydrogen-bond acceptors (Lipinski definition) is 7. The SMILES string of the molecule is CNc1ccc([N+](=O)[O-])cc1C(=O)NCc1cccc(OCCN(C)C2CCOCC2)c1. The molecule has 0 saturated carbocycles. The van der Waals surface area contributed by atoms with Crippen molar-refractivity contribution in [1.82, 2.24) is 10.2 Å². The average Bonchev–Trinajstić information content (AvgIpc) is 2.82. The van der Waals surface area contributed by atoms with Crippen molar-refractivity contribution >= 4 is 17.3 Å². The van der Waals surface area contributed by atoms with E-state index >= 15 is 0 Å². The smallest absolute Gasteiger partial charge is 0.270 e. The van der Waals surface area contributed by atoms with Gasteiger partial charge in [0.15, 0.2) is 0 Å². The van der Waals surface area contributed by atoms with Crippen molar-refractivity contribution in [3.05, 3.63) is 63.7 Å². The quantitative estimate of drug-likeness (QED) is 0.430. The van der Waals surface area contributed by atoms with Crippen LogP contribution in [0.4, 0.5) is 11.4 Å². The van der Waals surface area contributed by atoms with Crippen LogP contribution in [0.5, 0.6) is 5.75 Å². The predicted molar refractivity (Wildman–Crippen MR) is 122 cm³/mol. The van der Waals surface area contributed by atoms with Crippen molar-refractivity contribution in [2.45, 2.75) is 25.4 Å². The summed E-state index contributed by atoms with van der Waals surface area (Å²) in [5.74, 6) is 0.353. The van der Waals surface area contributed by atoms with Crippen LogP contribution in [0.2, 0.25) is 0 Å². The van der Waals surface area contributed by atoms with E-state index in [0.29, 0.717) is 18.3 Å². The molecule has 1 heterocycles. The highest BCUT2D eigenvalue weighted by molar-refractivity contribution is 6.00. The van der Waals surface area contributed by atoms with E-state index in [0.717, 1.165) is 43.9 Å². The number of carbonyl (C=O) groups is 1. The minimum atomic E-state index is -0.517. The fraction of sp³-hybridized carbons (Fsp3) is 0.435. The van der Waals surface area contributed by atoms with E-state index in [1.807, 2.05) is 24.3 Å². The molecule has 0 unspecified atom stereocenters. The minimum Gasteiger partial charge on any atom is -0.492 e. The van der Waals surface area contributed by atoms with E-state index in [1.54, 1.807) is 7.05 Å². The molecule has 1 amide bonds. The zero-order valence-electron chi connectivity index (χ0n) is 18.5. The van der Waals surface area contributed by atoms with Crippen LogP contribution in [0.3, 0.4) is 0 Å². The molecule has 3 rings (SSSR count). The van der Waals surface area contributed by atoms with E-state index in [2.05, 4.69) is 22.6 Å². The number of non-ortho nitro benzene ring substituents is 1. The first-order valence-corrected chi connectivity index (χ1v) is 10.7. The summed E-state index contributed by atoms with van der Waals surface area (Å²) in [7, 11) is 3.77. The number of nitro benzene ring substituents is 1. The fourth-order valence-electron chi connectivity index (χ4n) is 3.69. The Morgan fingerprint density at radius 2 is 2.03 bits per heavy atom. The van der Waals surface area contributed by atoms with E-state index in [4.69, 9.17) is 9.47 Å². The Labute approximate surface area is 187 Å². The Hall–Kier alpha value is -3.17. The number of ether oxygens (including phenoxy) is 2. The molecule has 0 bridgehead atoms. The molecule has 0 aromatic heterocycles. The van der Waals surface area contributed by atoms with E-state index in [1.165, 1.54) is 18.2 Å². The molecule has 0 spiro atoms. The third-order valence-electron chi connectivity index (χ3n) is 5.61. The number of carbonyl (C=O) groups excluding carboxylic acids is 1. The number of nitrogens with one attached hydrogen (secondary N) is 2. The first kappa shape index (κ1) is 23.5. The molecule has 0 aliphatic carbocycles. The van der Waals surface area contributed by atoms with Gasteiger partial charge < -0.3 is 20.1 Å². The molecule has 1 fully saturated rings. The Morgan fingerprint density at radius 3 is 2.75 bits per heavy atom. The van der Waals surface area contributed by atoms with Crippen LogP contribution in [-0.2, 0) is 11.3 Å². The van der Waals surface area contributed by atoms with Gasteiger partial charge in [-0.05, 0) is 43.7 Å². The number of nitrogens with zero attached hydrogens (tertiary/aromatic N) is 2. The van der Waals surface area contributed by atoms with Crippen molar-refractivity contribution in [2.75, 3.05) is 45.8 Å². The maximum atomic E-state index is 12.6. The van der Waals surface area contributed by atoms with Crippen molar-refractivity contribution in [3.63, 3.8) is 0 Å². The number of hydrogen-bond donors (Lipinski definition) is 2. The van der Waals surface area contributed by atoms with Crippen LogP contribution >= 0.6 is 0 Å². The highest BCUT2D eigenvalue weighted by atomic mass is 16.6.